The quantitative estimate of drug-likeness (QED) is 0.654. The summed E-state index contributed by atoms with van der Waals surface area (Å²) in [5.41, 5.74) is 0.279. The number of ether oxygens (including phenoxy) is 1. The summed E-state index contributed by atoms with van der Waals surface area (Å²) in [6.45, 7) is 2.01. The normalized spacial score (nSPS) is 12.6. The number of rotatable bonds is 10. The molecule has 0 spiro atoms. The second kappa shape index (κ2) is 9.39. The monoisotopic (exact) mass is 357 g/mol. The first kappa shape index (κ1) is 20.1. The van der Waals surface area contributed by atoms with Gasteiger partial charge in [-0.3, -0.25) is 9.59 Å². The van der Waals surface area contributed by atoms with Crippen LogP contribution in [0.2, 0.25) is 0 Å². The molecule has 0 aliphatic heterocycles. The molecule has 0 saturated heterocycles. The molecule has 0 saturated carbocycles. The van der Waals surface area contributed by atoms with E-state index < -0.39 is 27.6 Å². The molecule has 7 nitrogen and oxygen atoms in total. The molecule has 1 aromatic rings. The number of carbonyl (C=O) groups is 2. The molecular weight excluding hydrogens is 334 g/mol. The number of amides is 1. The molecule has 8 heteroatoms. The average Bonchev–Trinajstić information content (AvgIpc) is 2.56. The first-order valence-corrected chi connectivity index (χ1v) is 9.29. The molecule has 0 radical (unpaired) electrons. The average molecular weight is 357 g/mol. The Hall–Kier alpha value is -1.93. The van der Waals surface area contributed by atoms with E-state index >= 15 is 0 Å². The van der Waals surface area contributed by atoms with Crippen LogP contribution in [-0.2, 0) is 19.4 Å². The number of nitrogens with one attached hydrogen (secondary N) is 1. The van der Waals surface area contributed by atoms with Crippen LogP contribution in [0.4, 0.5) is 0 Å². The van der Waals surface area contributed by atoms with Crippen LogP contribution in [0.5, 0.6) is 0 Å². The third kappa shape index (κ3) is 5.93. The number of aliphatic carboxylic acids is 1. The Morgan fingerprint density at radius 3 is 2.38 bits per heavy atom. The van der Waals surface area contributed by atoms with Gasteiger partial charge in [0.25, 0.3) is 5.91 Å². The van der Waals surface area contributed by atoms with Gasteiger partial charge in [0, 0.05) is 19.2 Å². The molecule has 1 atom stereocenters. The van der Waals surface area contributed by atoms with E-state index in [2.05, 4.69) is 5.32 Å². The SMILES string of the molecule is CCCC(CNC(=O)c1ccc(S(=O)(=O)CCOC)cc1)C(=O)O. The molecule has 2 N–H and O–H groups in total. The molecule has 1 unspecified atom stereocenters. The molecule has 0 fully saturated rings. The fraction of sp³-hybridized carbons (Fsp3) is 0.500. The van der Waals surface area contributed by atoms with Gasteiger partial charge < -0.3 is 15.2 Å². The van der Waals surface area contributed by atoms with E-state index in [0.717, 1.165) is 0 Å². The first-order valence-electron chi connectivity index (χ1n) is 7.64. The molecule has 0 aliphatic rings. The maximum Gasteiger partial charge on any atom is 0.308 e. The molecule has 0 heterocycles. The number of carbonyl (C=O) groups excluding carboxylic acids is 1. The van der Waals surface area contributed by atoms with Crippen LogP contribution in [-0.4, -0.2) is 51.4 Å². The van der Waals surface area contributed by atoms with Gasteiger partial charge in [-0.15, -0.1) is 0 Å². The number of benzene rings is 1. The number of methoxy groups -OCH3 is 1. The van der Waals surface area contributed by atoms with Crippen LogP contribution in [0.15, 0.2) is 29.2 Å². The highest BCUT2D eigenvalue weighted by Crippen LogP contribution is 2.13. The third-order valence-electron chi connectivity index (χ3n) is 3.53. The van der Waals surface area contributed by atoms with Crippen molar-refractivity contribution in [2.75, 3.05) is 26.0 Å². The second-order valence-electron chi connectivity index (χ2n) is 5.37. The summed E-state index contributed by atoms with van der Waals surface area (Å²) < 4.78 is 28.7. The van der Waals surface area contributed by atoms with Crippen molar-refractivity contribution in [1.29, 1.82) is 0 Å². The Labute approximate surface area is 141 Å². The zero-order valence-electron chi connectivity index (χ0n) is 13.8. The van der Waals surface area contributed by atoms with Gasteiger partial charge in [-0.2, -0.15) is 0 Å². The van der Waals surface area contributed by atoms with E-state index in [-0.39, 0.29) is 29.4 Å². The Bertz CT molecular complexity index is 654. The molecule has 1 aromatic carbocycles. The van der Waals surface area contributed by atoms with Gasteiger partial charge in [0.2, 0.25) is 0 Å². The highest BCUT2D eigenvalue weighted by Gasteiger charge is 2.18. The summed E-state index contributed by atoms with van der Waals surface area (Å²) in [7, 11) is -2.02. The highest BCUT2D eigenvalue weighted by atomic mass is 32.2. The van der Waals surface area contributed by atoms with E-state index in [4.69, 9.17) is 9.84 Å². The van der Waals surface area contributed by atoms with Gasteiger partial charge in [0.15, 0.2) is 9.84 Å². The third-order valence-corrected chi connectivity index (χ3v) is 5.22. The fourth-order valence-corrected chi connectivity index (χ4v) is 3.28. The smallest absolute Gasteiger partial charge is 0.308 e. The van der Waals surface area contributed by atoms with Crippen LogP contribution in [0, 0.1) is 5.92 Å². The van der Waals surface area contributed by atoms with Crippen molar-refractivity contribution in [1.82, 2.24) is 5.32 Å². The summed E-state index contributed by atoms with van der Waals surface area (Å²) in [4.78, 5) is 23.2. The zero-order chi connectivity index (χ0) is 18.2. The number of hydrogen-bond acceptors (Lipinski definition) is 5. The van der Waals surface area contributed by atoms with Crippen molar-refractivity contribution in [3.05, 3.63) is 29.8 Å². The minimum atomic E-state index is -3.44. The largest absolute Gasteiger partial charge is 0.481 e. The van der Waals surface area contributed by atoms with Crippen molar-refractivity contribution >= 4 is 21.7 Å². The van der Waals surface area contributed by atoms with Gasteiger partial charge in [-0.25, -0.2) is 8.42 Å². The van der Waals surface area contributed by atoms with E-state index in [1.165, 1.54) is 31.4 Å². The minimum absolute atomic E-state index is 0.0376. The fourth-order valence-electron chi connectivity index (χ4n) is 2.10. The molecule has 1 amide bonds. The topological polar surface area (TPSA) is 110 Å². The zero-order valence-corrected chi connectivity index (χ0v) is 14.6. The summed E-state index contributed by atoms with van der Waals surface area (Å²) >= 11 is 0. The lowest BCUT2D eigenvalue weighted by molar-refractivity contribution is -0.141. The number of sulfone groups is 1. The van der Waals surface area contributed by atoms with Gasteiger partial charge in [0.05, 0.1) is 23.2 Å². The predicted molar refractivity (Wildman–Crippen MR) is 88.7 cm³/mol. The standard InChI is InChI=1S/C16H23NO6S/c1-3-4-13(16(19)20)11-17-15(18)12-5-7-14(8-6-12)24(21,22)10-9-23-2/h5-8,13H,3-4,9-11H2,1-2H3,(H,17,18)(H,19,20). The lowest BCUT2D eigenvalue weighted by atomic mass is 10.0. The molecule has 0 bridgehead atoms. The van der Waals surface area contributed by atoms with E-state index in [0.29, 0.717) is 12.8 Å². The summed E-state index contributed by atoms with van der Waals surface area (Å²) in [5, 5.41) is 11.6. The van der Waals surface area contributed by atoms with Crippen LogP contribution in [0.25, 0.3) is 0 Å². The van der Waals surface area contributed by atoms with Crippen molar-refractivity contribution in [2.45, 2.75) is 24.7 Å². The summed E-state index contributed by atoms with van der Waals surface area (Å²) in [5.74, 6) is -2.14. The van der Waals surface area contributed by atoms with Crippen LogP contribution in [0.1, 0.15) is 30.1 Å². The van der Waals surface area contributed by atoms with Crippen molar-refractivity contribution in [3.8, 4) is 0 Å². The maximum absolute atomic E-state index is 12.0. The Morgan fingerprint density at radius 1 is 1.25 bits per heavy atom. The summed E-state index contributed by atoms with van der Waals surface area (Å²) in [6, 6.07) is 5.54. The number of carboxylic acids is 1. The lowest BCUT2D eigenvalue weighted by Gasteiger charge is -2.12. The van der Waals surface area contributed by atoms with Crippen LogP contribution >= 0.6 is 0 Å². The first-order chi connectivity index (χ1) is 11.3. The van der Waals surface area contributed by atoms with Gasteiger partial charge in [-0.05, 0) is 30.7 Å². The molecule has 0 aromatic heterocycles. The second-order valence-corrected chi connectivity index (χ2v) is 7.48. The van der Waals surface area contributed by atoms with Crippen molar-refractivity contribution < 1.29 is 27.9 Å². The van der Waals surface area contributed by atoms with Crippen molar-refractivity contribution in [3.63, 3.8) is 0 Å². The summed E-state index contributed by atoms with van der Waals surface area (Å²) in [6.07, 6.45) is 1.19. The highest BCUT2D eigenvalue weighted by molar-refractivity contribution is 7.91. The maximum atomic E-state index is 12.0. The predicted octanol–water partition coefficient (Wildman–Crippen LogP) is 1.34. The molecule has 0 aliphatic carbocycles. The van der Waals surface area contributed by atoms with E-state index in [1.807, 2.05) is 6.92 Å². The Balaban J connectivity index is 2.71. The van der Waals surface area contributed by atoms with Gasteiger partial charge >= 0.3 is 5.97 Å². The Kier molecular flexibility index (Phi) is 7.87. The molecular formula is C16H23NO6S. The minimum Gasteiger partial charge on any atom is -0.481 e. The molecule has 24 heavy (non-hydrogen) atoms. The van der Waals surface area contributed by atoms with Crippen LogP contribution < -0.4 is 5.32 Å². The van der Waals surface area contributed by atoms with E-state index in [9.17, 15) is 18.0 Å². The Morgan fingerprint density at radius 2 is 1.88 bits per heavy atom. The van der Waals surface area contributed by atoms with Crippen LogP contribution in [0.3, 0.4) is 0 Å². The number of hydrogen-bond donors (Lipinski definition) is 2. The lowest BCUT2D eigenvalue weighted by Crippen LogP contribution is -2.32. The van der Waals surface area contributed by atoms with Crippen molar-refractivity contribution in [2.24, 2.45) is 5.92 Å². The molecule has 134 valence electrons. The molecule has 1 rings (SSSR count). The van der Waals surface area contributed by atoms with Gasteiger partial charge in [-0.1, -0.05) is 13.3 Å². The van der Waals surface area contributed by atoms with E-state index in [1.54, 1.807) is 0 Å². The number of carboxylic acid groups (broad SMARTS) is 1. The van der Waals surface area contributed by atoms with Gasteiger partial charge in [0.1, 0.15) is 0 Å².